The third-order valence-electron chi connectivity index (χ3n) is 4.02. The molecule has 0 saturated heterocycles. The van der Waals surface area contributed by atoms with Gasteiger partial charge in [0.25, 0.3) is 0 Å². The Balaban J connectivity index is 1.97. The highest BCUT2D eigenvalue weighted by molar-refractivity contribution is 6.31. The number of methoxy groups -OCH3 is 1. The maximum Gasteiger partial charge on any atom is 0.226 e. The Labute approximate surface area is 154 Å². The fourth-order valence-electron chi connectivity index (χ4n) is 2.70. The summed E-state index contributed by atoms with van der Waals surface area (Å²) in [5, 5.41) is 6.81. The average molecular weight is 361 g/mol. The molecule has 2 rings (SSSR count). The first-order chi connectivity index (χ1) is 11.9. The molecular weight excluding hydrogens is 336 g/mol. The van der Waals surface area contributed by atoms with Gasteiger partial charge in [0.2, 0.25) is 5.91 Å². The molecule has 0 aromatic heterocycles. The zero-order valence-electron chi connectivity index (χ0n) is 15.2. The highest BCUT2D eigenvalue weighted by atomic mass is 35.5. The van der Waals surface area contributed by atoms with Crippen molar-refractivity contribution in [3.8, 4) is 5.75 Å². The van der Waals surface area contributed by atoms with E-state index in [0.717, 1.165) is 5.69 Å². The van der Waals surface area contributed by atoms with Crippen LogP contribution >= 0.6 is 11.6 Å². The maximum absolute atomic E-state index is 12.2. The zero-order chi connectivity index (χ0) is 18.4. The molecule has 2 N–H and O–H groups in total. The molecule has 5 heteroatoms. The first-order valence-electron chi connectivity index (χ1n) is 8.39. The molecule has 0 bridgehead atoms. The van der Waals surface area contributed by atoms with Crippen molar-refractivity contribution in [2.24, 2.45) is 0 Å². The van der Waals surface area contributed by atoms with Gasteiger partial charge in [-0.05, 0) is 42.2 Å². The van der Waals surface area contributed by atoms with Crippen molar-refractivity contribution in [3.63, 3.8) is 0 Å². The lowest BCUT2D eigenvalue weighted by molar-refractivity contribution is -0.116. The van der Waals surface area contributed by atoms with Crippen molar-refractivity contribution in [3.05, 3.63) is 52.5 Å². The molecule has 0 spiro atoms. The monoisotopic (exact) mass is 360 g/mol. The van der Waals surface area contributed by atoms with Crippen LogP contribution in [0.4, 0.5) is 11.4 Å². The number of hydrogen-bond donors (Lipinski definition) is 2. The van der Waals surface area contributed by atoms with Crippen LogP contribution in [0.2, 0.25) is 5.02 Å². The number of carbonyl (C=O) groups is 1. The van der Waals surface area contributed by atoms with Crippen molar-refractivity contribution in [2.75, 3.05) is 24.3 Å². The summed E-state index contributed by atoms with van der Waals surface area (Å²) >= 11 is 5.99. The highest BCUT2D eigenvalue weighted by Gasteiger charge is 2.11. The SMILES string of the molecule is COc1ccc(Cl)cc1NC(=O)CCNc1c(C)cccc1C(C)C. The van der Waals surface area contributed by atoms with Gasteiger partial charge >= 0.3 is 0 Å². The van der Waals surface area contributed by atoms with E-state index in [0.29, 0.717) is 35.3 Å². The fraction of sp³-hybridized carbons (Fsp3) is 0.350. The number of aryl methyl sites for hydroxylation is 1. The van der Waals surface area contributed by atoms with Crippen molar-refractivity contribution >= 4 is 28.9 Å². The maximum atomic E-state index is 12.2. The van der Waals surface area contributed by atoms with Crippen LogP contribution < -0.4 is 15.4 Å². The Bertz CT molecular complexity index is 744. The Kier molecular flexibility index (Phi) is 6.71. The number of anilines is 2. The number of rotatable bonds is 7. The van der Waals surface area contributed by atoms with E-state index in [9.17, 15) is 4.79 Å². The first kappa shape index (κ1) is 19.1. The largest absolute Gasteiger partial charge is 0.495 e. The molecule has 1 amide bonds. The van der Waals surface area contributed by atoms with Gasteiger partial charge in [-0.1, -0.05) is 43.6 Å². The predicted molar refractivity (Wildman–Crippen MR) is 105 cm³/mol. The quantitative estimate of drug-likeness (QED) is 0.711. The van der Waals surface area contributed by atoms with E-state index in [1.54, 1.807) is 25.3 Å². The molecule has 25 heavy (non-hydrogen) atoms. The number of carbonyl (C=O) groups excluding carboxylic acids is 1. The number of amides is 1. The summed E-state index contributed by atoms with van der Waals surface area (Å²) in [6.07, 6.45) is 0.349. The molecule has 0 aliphatic rings. The predicted octanol–water partition coefficient (Wildman–Crippen LogP) is 5.22. The highest BCUT2D eigenvalue weighted by Crippen LogP contribution is 2.28. The van der Waals surface area contributed by atoms with Crippen molar-refractivity contribution in [1.29, 1.82) is 0 Å². The smallest absolute Gasteiger partial charge is 0.226 e. The Morgan fingerprint density at radius 2 is 2.00 bits per heavy atom. The number of benzene rings is 2. The van der Waals surface area contributed by atoms with Gasteiger partial charge in [0, 0.05) is 23.7 Å². The summed E-state index contributed by atoms with van der Waals surface area (Å²) in [4.78, 5) is 12.2. The van der Waals surface area contributed by atoms with Crippen LogP contribution in [-0.4, -0.2) is 19.6 Å². The second-order valence-electron chi connectivity index (χ2n) is 6.26. The number of para-hydroxylation sites is 1. The van der Waals surface area contributed by atoms with Crippen LogP contribution in [0.1, 0.15) is 37.3 Å². The van der Waals surface area contributed by atoms with Gasteiger partial charge in [0.15, 0.2) is 0 Å². The zero-order valence-corrected chi connectivity index (χ0v) is 15.9. The van der Waals surface area contributed by atoms with Crippen LogP contribution in [0.15, 0.2) is 36.4 Å². The van der Waals surface area contributed by atoms with Crippen LogP contribution in [0.25, 0.3) is 0 Å². The Morgan fingerprint density at radius 1 is 1.24 bits per heavy atom. The van der Waals surface area contributed by atoms with Crippen molar-refractivity contribution in [1.82, 2.24) is 0 Å². The topological polar surface area (TPSA) is 50.4 Å². The summed E-state index contributed by atoms with van der Waals surface area (Å²) in [5.74, 6) is 0.923. The third kappa shape index (κ3) is 5.13. The standard InChI is InChI=1S/C20H25ClN2O2/c1-13(2)16-7-5-6-14(3)20(16)22-11-10-19(24)23-17-12-15(21)8-9-18(17)25-4/h5-9,12-13,22H,10-11H2,1-4H3,(H,23,24). The molecule has 4 nitrogen and oxygen atoms in total. The first-order valence-corrected chi connectivity index (χ1v) is 8.77. The van der Waals surface area contributed by atoms with Gasteiger partial charge in [-0.15, -0.1) is 0 Å². The van der Waals surface area contributed by atoms with E-state index < -0.39 is 0 Å². The lowest BCUT2D eigenvalue weighted by atomic mass is 9.98. The average Bonchev–Trinajstić information content (AvgIpc) is 2.56. The fourth-order valence-corrected chi connectivity index (χ4v) is 2.88. The van der Waals surface area contributed by atoms with Gasteiger partial charge < -0.3 is 15.4 Å². The van der Waals surface area contributed by atoms with Crippen LogP contribution in [0.3, 0.4) is 0 Å². The third-order valence-corrected chi connectivity index (χ3v) is 4.25. The molecule has 0 saturated carbocycles. The normalized spacial score (nSPS) is 10.6. The molecular formula is C20H25ClN2O2. The molecule has 0 atom stereocenters. The Morgan fingerprint density at radius 3 is 2.68 bits per heavy atom. The lowest BCUT2D eigenvalue weighted by Gasteiger charge is -2.17. The summed E-state index contributed by atoms with van der Waals surface area (Å²) < 4.78 is 5.24. The second-order valence-corrected chi connectivity index (χ2v) is 6.70. The molecule has 2 aromatic rings. The van der Waals surface area contributed by atoms with E-state index in [1.165, 1.54) is 11.1 Å². The molecule has 0 aliphatic heterocycles. The van der Waals surface area contributed by atoms with Crippen LogP contribution in [0.5, 0.6) is 5.75 Å². The van der Waals surface area contributed by atoms with Gasteiger partial charge in [0.1, 0.15) is 5.75 Å². The molecule has 0 unspecified atom stereocenters. The summed E-state index contributed by atoms with van der Waals surface area (Å²) in [5.41, 5.74) is 4.14. The van der Waals surface area contributed by atoms with E-state index >= 15 is 0 Å². The Hall–Kier alpha value is -2.20. The minimum absolute atomic E-state index is 0.0900. The summed E-state index contributed by atoms with van der Waals surface area (Å²) in [7, 11) is 1.56. The minimum Gasteiger partial charge on any atom is -0.495 e. The van der Waals surface area contributed by atoms with Crippen molar-refractivity contribution < 1.29 is 9.53 Å². The van der Waals surface area contributed by atoms with Crippen molar-refractivity contribution in [2.45, 2.75) is 33.1 Å². The second kappa shape index (κ2) is 8.77. The van der Waals surface area contributed by atoms with Gasteiger partial charge in [-0.2, -0.15) is 0 Å². The van der Waals surface area contributed by atoms with Crippen LogP contribution in [-0.2, 0) is 4.79 Å². The number of hydrogen-bond acceptors (Lipinski definition) is 3. The van der Waals surface area contributed by atoms with Crippen LogP contribution in [0, 0.1) is 6.92 Å². The number of halogens is 1. The molecule has 2 aromatic carbocycles. The van der Waals surface area contributed by atoms with E-state index in [1.807, 2.05) is 0 Å². The van der Waals surface area contributed by atoms with E-state index in [-0.39, 0.29) is 5.91 Å². The van der Waals surface area contributed by atoms with Gasteiger partial charge in [-0.3, -0.25) is 4.79 Å². The van der Waals surface area contributed by atoms with Gasteiger partial charge in [0.05, 0.1) is 12.8 Å². The van der Waals surface area contributed by atoms with E-state index in [2.05, 4.69) is 49.6 Å². The summed E-state index contributed by atoms with van der Waals surface area (Å²) in [6.45, 7) is 6.96. The van der Waals surface area contributed by atoms with Gasteiger partial charge in [-0.25, -0.2) is 0 Å². The molecule has 0 aliphatic carbocycles. The number of ether oxygens (including phenoxy) is 1. The molecule has 134 valence electrons. The molecule has 0 radical (unpaired) electrons. The lowest BCUT2D eigenvalue weighted by Crippen LogP contribution is -2.17. The number of nitrogens with one attached hydrogen (secondary N) is 2. The molecule has 0 heterocycles. The van der Waals surface area contributed by atoms with E-state index in [4.69, 9.17) is 16.3 Å². The minimum atomic E-state index is -0.0900. The summed E-state index contributed by atoms with van der Waals surface area (Å²) in [6, 6.07) is 11.4. The molecule has 0 fully saturated rings.